The minimum atomic E-state index is -3.43. The first kappa shape index (κ1) is 8.03. The Kier molecular flexibility index (Phi) is 4.10. The van der Waals surface area contributed by atoms with Crippen molar-refractivity contribution in [2.75, 3.05) is 20.4 Å². The third-order valence-electron chi connectivity index (χ3n) is 1.54. The summed E-state index contributed by atoms with van der Waals surface area (Å²) < 4.78 is 50.3. The van der Waals surface area contributed by atoms with E-state index in [1.54, 1.807) is 0 Å². The van der Waals surface area contributed by atoms with Gasteiger partial charge in [0.25, 0.3) is 0 Å². The number of hydrogen-bond donors (Lipinski definition) is 0. The quantitative estimate of drug-likeness (QED) is 0.597. The fourth-order valence-corrected chi connectivity index (χ4v) is 1.75. The summed E-state index contributed by atoms with van der Waals surface area (Å²) in [6.45, 7) is -0.285. The number of Topliss-reactive ketones (excluding diaryl/α,β-unsaturated/α-hetero) is 1. The Morgan fingerprint density at radius 2 is 2.07 bits per heavy atom. The number of hydrogen-bond acceptors (Lipinski definition) is 4. The number of carbonyl (C=O) groups excluding carboxylic acids is 1. The molecule has 0 spiro atoms. The van der Waals surface area contributed by atoms with Crippen molar-refractivity contribution in [1.29, 1.82) is 0 Å². The van der Waals surface area contributed by atoms with Gasteiger partial charge in [-0.25, -0.2) is 0 Å². The van der Waals surface area contributed by atoms with Gasteiger partial charge in [0.1, 0.15) is 11.9 Å². The molecule has 0 aliphatic rings. The van der Waals surface area contributed by atoms with Crippen LogP contribution in [-0.4, -0.2) is 26.2 Å². The topological polar surface area (TPSA) is 52.6 Å². The van der Waals surface area contributed by atoms with Gasteiger partial charge in [-0.1, -0.05) is 19.7 Å². The highest BCUT2D eigenvalue weighted by molar-refractivity contribution is 7.54. The Morgan fingerprint density at radius 3 is 2.57 bits per heavy atom. The predicted molar refractivity (Wildman–Crippen MR) is 55.6 cm³/mol. The van der Waals surface area contributed by atoms with E-state index in [0.29, 0.717) is 0 Å². The van der Waals surface area contributed by atoms with Crippen molar-refractivity contribution in [3.63, 3.8) is 0 Å². The molecule has 0 bridgehead atoms. The van der Waals surface area contributed by atoms with Crippen LogP contribution in [0.3, 0.4) is 0 Å². The summed E-state index contributed by atoms with van der Waals surface area (Å²) in [7, 11) is -1.09. The monoisotopic (exact) mass is 226 g/mol. The van der Waals surface area contributed by atoms with Crippen LogP contribution in [0.2, 0.25) is 0 Å². The maximum atomic E-state index is 11.7. The molecule has 0 fully saturated rings. The van der Waals surface area contributed by atoms with Gasteiger partial charge in [0.15, 0.2) is 0 Å². The molecule has 0 N–H and O–H groups in total. The van der Waals surface area contributed by atoms with E-state index < -0.39 is 38.7 Å². The Labute approximate surface area is 91.1 Å². The second kappa shape index (κ2) is 7.16. The van der Waals surface area contributed by atoms with Crippen molar-refractivity contribution in [2.24, 2.45) is 0 Å². The van der Waals surface area contributed by atoms with Gasteiger partial charge >= 0.3 is 7.60 Å². The molecule has 3 atom stereocenters. The minimum Gasteiger partial charge on any atom is -0.312 e. The fraction of sp³-hybridized carbons (Fsp3) is 0.889. The van der Waals surface area contributed by atoms with E-state index in [0.717, 1.165) is 0 Å². The minimum absolute atomic E-state index is 0.285. The standard InChI is InChI=1S/C9H19O4P/c1-4-5-6-7-9(10)8-14(11,12-2)13-3/h4-8H2,1-3H3/i1D,4D,5D,6D. The van der Waals surface area contributed by atoms with Crippen LogP contribution in [0.4, 0.5) is 0 Å². The van der Waals surface area contributed by atoms with E-state index in [2.05, 4.69) is 9.05 Å². The van der Waals surface area contributed by atoms with Gasteiger partial charge in [-0.2, -0.15) is 0 Å². The fourth-order valence-electron chi connectivity index (χ4n) is 0.780. The molecule has 0 amide bonds. The zero-order valence-electron chi connectivity index (χ0n) is 12.4. The maximum absolute atomic E-state index is 11.7. The molecule has 0 heterocycles. The van der Waals surface area contributed by atoms with Gasteiger partial charge in [0.2, 0.25) is 0 Å². The molecular formula is C9H19O4P. The maximum Gasteiger partial charge on any atom is 0.337 e. The summed E-state index contributed by atoms with van der Waals surface area (Å²) in [6, 6.07) is 0. The van der Waals surface area contributed by atoms with Gasteiger partial charge in [0.05, 0.1) is 0 Å². The molecule has 0 aromatic rings. The lowest BCUT2D eigenvalue weighted by Crippen LogP contribution is -2.07. The van der Waals surface area contributed by atoms with Crippen LogP contribution >= 0.6 is 7.60 Å². The Balaban J connectivity index is 4.36. The van der Waals surface area contributed by atoms with Crippen molar-refractivity contribution >= 4 is 13.4 Å². The van der Waals surface area contributed by atoms with Crippen LogP contribution in [-0.2, 0) is 18.4 Å². The second-order valence-electron chi connectivity index (χ2n) is 2.54. The molecule has 14 heavy (non-hydrogen) atoms. The predicted octanol–water partition coefficient (Wildman–Crippen LogP) is 2.62. The first-order chi connectivity index (χ1) is 8.29. The summed E-state index contributed by atoms with van der Waals surface area (Å²) in [5.41, 5.74) is 0. The zero-order valence-corrected chi connectivity index (χ0v) is 9.33. The molecule has 0 saturated carbocycles. The van der Waals surface area contributed by atoms with E-state index in [1.807, 2.05) is 0 Å². The van der Waals surface area contributed by atoms with E-state index in [9.17, 15) is 9.36 Å². The molecule has 0 radical (unpaired) electrons. The average Bonchev–Trinajstić information content (AvgIpc) is 2.36. The van der Waals surface area contributed by atoms with Crippen LogP contribution < -0.4 is 0 Å². The summed E-state index contributed by atoms with van der Waals surface area (Å²) in [5, 5.41) is 0. The lowest BCUT2D eigenvalue weighted by molar-refractivity contribution is -0.117. The van der Waals surface area contributed by atoms with Crippen molar-refractivity contribution < 1.29 is 23.9 Å². The highest BCUT2D eigenvalue weighted by Gasteiger charge is 2.24. The zero-order chi connectivity index (χ0) is 14.3. The highest BCUT2D eigenvalue weighted by atomic mass is 31.2. The molecule has 84 valence electrons. The third-order valence-corrected chi connectivity index (χ3v) is 3.40. The summed E-state index contributed by atoms with van der Waals surface area (Å²) in [4.78, 5) is 11.6. The SMILES string of the molecule is [2H]CC([2H])C([2H])C([2H])CC(=O)CP(=O)(OC)OC. The molecule has 0 aromatic heterocycles. The first-order valence-corrected chi connectivity index (χ1v) is 5.80. The highest BCUT2D eigenvalue weighted by Crippen LogP contribution is 2.46. The van der Waals surface area contributed by atoms with Crippen LogP contribution in [0.15, 0.2) is 0 Å². The number of rotatable bonds is 8. The van der Waals surface area contributed by atoms with Gasteiger partial charge in [-0.05, 0) is 6.40 Å². The second-order valence-corrected chi connectivity index (χ2v) is 4.81. The normalized spacial score (nSPS) is 22.4. The van der Waals surface area contributed by atoms with Crippen LogP contribution in [0.25, 0.3) is 0 Å². The smallest absolute Gasteiger partial charge is 0.312 e. The van der Waals surface area contributed by atoms with Crippen LogP contribution in [0.1, 0.15) is 38.0 Å². The van der Waals surface area contributed by atoms with E-state index >= 15 is 0 Å². The molecular weight excluding hydrogens is 203 g/mol. The molecule has 0 aromatic carbocycles. The molecule has 0 saturated heterocycles. The summed E-state index contributed by atoms with van der Waals surface area (Å²) in [6.07, 6.45) is -3.98. The van der Waals surface area contributed by atoms with Gasteiger partial charge in [-0.15, -0.1) is 0 Å². The van der Waals surface area contributed by atoms with Crippen molar-refractivity contribution in [2.45, 2.75) is 32.5 Å². The van der Waals surface area contributed by atoms with Crippen molar-refractivity contribution in [3.8, 4) is 0 Å². The Bertz CT molecular complexity index is 307. The van der Waals surface area contributed by atoms with Crippen molar-refractivity contribution in [1.82, 2.24) is 0 Å². The van der Waals surface area contributed by atoms with Crippen LogP contribution in [0, 0.1) is 0 Å². The van der Waals surface area contributed by atoms with E-state index in [4.69, 9.17) is 5.48 Å². The number of carbonyl (C=O) groups is 1. The average molecular weight is 226 g/mol. The molecule has 0 aliphatic heterocycles. The van der Waals surface area contributed by atoms with Crippen LogP contribution in [0.5, 0.6) is 0 Å². The molecule has 4 nitrogen and oxygen atoms in total. The Morgan fingerprint density at radius 1 is 1.43 bits per heavy atom. The Hall–Kier alpha value is -0.180. The molecule has 5 heteroatoms. The van der Waals surface area contributed by atoms with Gasteiger partial charge in [0, 0.05) is 26.1 Å². The number of ketones is 1. The molecule has 0 rings (SSSR count). The summed E-state index contributed by atoms with van der Waals surface area (Å²) in [5.74, 6) is -0.503. The largest absolute Gasteiger partial charge is 0.337 e. The lowest BCUT2D eigenvalue weighted by atomic mass is 10.2. The summed E-state index contributed by atoms with van der Waals surface area (Å²) >= 11 is 0. The van der Waals surface area contributed by atoms with E-state index in [1.165, 1.54) is 14.2 Å². The third kappa shape index (κ3) is 5.53. The molecule has 3 unspecified atom stereocenters. The van der Waals surface area contributed by atoms with Gasteiger partial charge < -0.3 is 9.05 Å². The van der Waals surface area contributed by atoms with Crippen molar-refractivity contribution in [3.05, 3.63) is 0 Å². The van der Waals surface area contributed by atoms with Gasteiger partial charge in [-0.3, -0.25) is 9.36 Å². The first-order valence-electron chi connectivity index (χ1n) is 6.51. The molecule has 0 aliphatic carbocycles. The lowest BCUT2D eigenvalue weighted by Gasteiger charge is -2.12. The van der Waals surface area contributed by atoms with E-state index in [-0.39, 0.29) is 13.3 Å².